The van der Waals surface area contributed by atoms with Gasteiger partial charge >= 0.3 is 0 Å². The minimum absolute atomic E-state index is 0.645. The van der Waals surface area contributed by atoms with Crippen LogP contribution < -0.4 is 16.6 Å². The van der Waals surface area contributed by atoms with E-state index in [9.17, 15) is 0 Å². The number of hydrogen-bond donors (Lipinski definition) is 3. The molecule has 0 aliphatic carbocycles. The van der Waals surface area contributed by atoms with Crippen LogP contribution in [-0.2, 0) is 6.42 Å². The summed E-state index contributed by atoms with van der Waals surface area (Å²) in [7, 11) is 0. The first-order valence-electron chi connectivity index (χ1n) is 5.47. The van der Waals surface area contributed by atoms with Crippen molar-refractivity contribution in [2.75, 3.05) is 17.3 Å². The molecule has 0 atom stereocenters. The zero-order chi connectivity index (χ0) is 13.0. The van der Waals surface area contributed by atoms with Crippen LogP contribution in [0.2, 0.25) is 0 Å². The highest BCUT2D eigenvalue weighted by Crippen LogP contribution is 2.22. The highest BCUT2D eigenvalue weighted by Gasteiger charge is 2.05. The summed E-state index contributed by atoms with van der Waals surface area (Å²) in [4.78, 5) is 9.57. The summed E-state index contributed by atoms with van der Waals surface area (Å²) in [5.41, 5.74) is 3.48. The summed E-state index contributed by atoms with van der Waals surface area (Å²) in [6, 6.07) is 4.18. The second kappa shape index (κ2) is 6.12. The molecule has 2 aromatic heterocycles. The fourth-order valence-corrected chi connectivity index (χ4v) is 3.05. The van der Waals surface area contributed by atoms with E-state index in [2.05, 4.69) is 48.8 Å². The van der Waals surface area contributed by atoms with E-state index in [0.29, 0.717) is 5.82 Å². The minimum Gasteiger partial charge on any atom is -0.369 e. The maximum atomic E-state index is 5.37. The van der Waals surface area contributed by atoms with Crippen LogP contribution in [0.4, 0.5) is 11.6 Å². The normalized spacial score (nSPS) is 10.4. The van der Waals surface area contributed by atoms with Crippen LogP contribution in [0.15, 0.2) is 22.2 Å². The molecule has 0 aromatic carbocycles. The topological polar surface area (TPSA) is 75.9 Å². The van der Waals surface area contributed by atoms with Crippen molar-refractivity contribution in [2.45, 2.75) is 13.3 Å². The zero-order valence-electron chi connectivity index (χ0n) is 9.90. The van der Waals surface area contributed by atoms with Crippen molar-refractivity contribution in [3.63, 3.8) is 0 Å². The van der Waals surface area contributed by atoms with Crippen LogP contribution in [0, 0.1) is 6.92 Å². The van der Waals surface area contributed by atoms with Gasteiger partial charge in [-0.1, -0.05) is 0 Å². The van der Waals surface area contributed by atoms with Crippen molar-refractivity contribution in [3.05, 3.63) is 32.7 Å². The van der Waals surface area contributed by atoms with E-state index >= 15 is 0 Å². The van der Waals surface area contributed by atoms with Gasteiger partial charge in [-0.05, 0) is 41.4 Å². The van der Waals surface area contributed by atoms with Gasteiger partial charge in [0, 0.05) is 17.0 Å². The van der Waals surface area contributed by atoms with Crippen molar-refractivity contribution in [2.24, 2.45) is 5.84 Å². The number of aromatic nitrogens is 2. The van der Waals surface area contributed by atoms with E-state index in [-0.39, 0.29) is 0 Å². The van der Waals surface area contributed by atoms with E-state index in [4.69, 9.17) is 5.84 Å². The maximum absolute atomic E-state index is 5.37. The summed E-state index contributed by atoms with van der Waals surface area (Å²) in [6.07, 6.45) is 2.46. The lowest BCUT2D eigenvalue weighted by Crippen LogP contribution is -2.13. The SMILES string of the molecule is Cc1c(NN)ncnc1NCCc1ccc(Br)s1. The molecular formula is C11H14BrN5S. The second-order valence-corrected chi connectivity index (χ2v) is 6.27. The van der Waals surface area contributed by atoms with E-state index in [1.165, 1.54) is 11.2 Å². The Labute approximate surface area is 118 Å². The Morgan fingerprint density at radius 2 is 2.11 bits per heavy atom. The van der Waals surface area contributed by atoms with Gasteiger partial charge in [0.15, 0.2) is 0 Å². The van der Waals surface area contributed by atoms with Crippen LogP contribution >= 0.6 is 27.3 Å². The second-order valence-electron chi connectivity index (χ2n) is 3.72. The Morgan fingerprint density at radius 3 is 2.78 bits per heavy atom. The van der Waals surface area contributed by atoms with Crippen LogP contribution in [0.1, 0.15) is 10.4 Å². The quantitative estimate of drug-likeness (QED) is 0.581. The number of nitrogens with two attached hydrogens (primary N) is 1. The fraction of sp³-hybridized carbons (Fsp3) is 0.273. The monoisotopic (exact) mass is 327 g/mol. The van der Waals surface area contributed by atoms with Crippen LogP contribution in [-0.4, -0.2) is 16.5 Å². The van der Waals surface area contributed by atoms with Gasteiger partial charge in [-0.2, -0.15) is 0 Å². The van der Waals surface area contributed by atoms with E-state index in [1.54, 1.807) is 11.3 Å². The predicted octanol–water partition coefficient (Wildman–Crippen LogP) is 2.55. The van der Waals surface area contributed by atoms with Crippen LogP contribution in [0.25, 0.3) is 0 Å². The number of halogens is 1. The smallest absolute Gasteiger partial charge is 0.148 e. The van der Waals surface area contributed by atoms with Gasteiger partial charge < -0.3 is 10.7 Å². The van der Waals surface area contributed by atoms with E-state index in [1.807, 2.05) is 6.92 Å². The summed E-state index contributed by atoms with van der Waals surface area (Å²) in [5, 5.41) is 3.29. The molecule has 5 nitrogen and oxygen atoms in total. The van der Waals surface area contributed by atoms with Gasteiger partial charge in [0.1, 0.15) is 18.0 Å². The lowest BCUT2D eigenvalue weighted by Gasteiger charge is -2.10. The van der Waals surface area contributed by atoms with Crippen molar-refractivity contribution >= 4 is 38.9 Å². The molecule has 0 radical (unpaired) electrons. The Hall–Kier alpha value is -1.18. The third-order valence-corrected chi connectivity index (χ3v) is 4.20. The van der Waals surface area contributed by atoms with E-state index in [0.717, 1.165) is 28.1 Å². The molecule has 4 N–H and O–H groups in total. The lowest BCUT2D eigenvalue weighted by atomic mass is 10.3. The fourth-order valence-electron chi connectivity index (χ4n) is 1.56. The number of rotatable bonds is 5. The van der Waals surface area contributed by atoms with Gasteiger partial charge in [0.2, 0.25) is 0 Å². The molecule has 7 heteroatoms. The van der Waals surface area contributed by atoms with E-state index < -0.39 is 0 Å². The molecule has 0 aliphatic rings. The Balaban J connectivity index is 1.94. The van der Waals surface area contributed by atoms with Crippen molar-refractivity contribution in [1.82, 2.24) is 9.97 Å². The molecule has 0 aliphatic heterocycles. The number of hydrogen-bond acceptors (Lipinski definition) is 6. The number of hydrazine groups is 1. The summed E-state index contributed by atoms with van der Waals surface area (Å²) >= 11 is 5.20. The van der Waals surface area contributed by atoms with Crippen molar-refractivity contribution < 1.29 is 0 Å². The van der Waals surface area contributed by atoms with Gasteiger partial charge in [-0.25, -0.2) is 15.8 Å². The van der Waals surface area contributed by atoms with Crippen LogP contribution in [0.5, 0.6) is 0 Å². The molecule has 96 valence electrons. The standard InChI is InChI=1S/C11H14BrN5S/c1-7-10(15-6-16-11(7)17-13)14-5-4-8-2-3-9(12)18-8/h2-3,6H,4-5,13H2,1H3,(H2,14,15,16,17). The first-order valence-corrected chi connectivity index (χ1v) is 7.08. The first-order chi connectivity index (χ1) is 8.70. The molecule has 2 rings (SSSR count). The highest BCUT2D eigenvalue weighted by molar-refractivity contribution is 9.11. The van der Waals surface area contributed by atoms with Crippen LogP contribution in [0.3, 0.4) is 0 Å². The zero-order valence-corrected chi connectivity index (χ0v) is 12.3. The van der Waals surface area contributed by atoms with Gasteiger partial charge in [-0.15, -0.1) is 11.3 Å². The van der Waals surface area contributed by atoms with Crippen molar-refractivity contribution in [1.29, 1.82) is 0 Å². The maximum Gasteiger partial charge on any atom is 0.148 e. The first kappa shape index (κ1) is 13.3. The molecule has 18 heavy (non-hydrogen) atoms. The molecule has 0 amide bonds. The molecule has 0 saturated heterocycles. The Kier molecular flexibility index (Phi) is 4.51. The van der Waals surface area contributed by atoms with Gasteiger partial charge in [-0.3, -0.25) is 0 Å². The van der Waals surface area contributed by atoms with Gasteiger partial charge in [0.25, 0.3) is 0 Å². The number of thiophene rings is 1. The summed E-state index contributed by atoms with van der Waals surface area (Å²) in [5.74, 6) is 6.83. The molecule has 0 spiro atoms. The third kappa shape index (κ3) is 3.18. The number of anilines is 2. The highest BCUT2D eigenvalue weighted by atomic mass is 79.9. The predicted molar refractivity (Wildman–Crippen MR) is 78.8 cm³/mol. The number of nitrogens with zero attached hydrogens (tertiary/aromatic N) is 2. The average Bonchev–Trinajstić information content (AvgIpc) is 2.77. The molecule has 0 saturated carbocycles. The van der Waals surface area contributed by atoms with Gasteiger partial charge in [0.05, 0.1) is 3.79 Å². The Morgan fingerprint density at radius 1 is 1.33 bits per heavy atom. The average molecular weight is 328 g/mol. The molecular weight excluding hydrogens is 314 g/mol. The lowest BCUT2D eigenvalue weighted by molar-refractivity contribution is 1.01. The summed E-state index contributed by atoms with van der Waals surface area (Å²) < 4.78 is 1.16. The minimum atomic E-state index is 0.645. The molecule has 2 aromatic rings. The third-order valence-electron chi connectivity index (χ3n) is 2.51. The molecule has 0 unspecified atom stereocenters. The number of nitrogen functional groups attached to an aromatic ring is 1. The molecule has 2 heterocycles. The number of nitrogens with one attached hydrogen (secondary N) is 2. The van der Waals surface area contributed by atoms with Crippen molar-refractivity contribution in [3.8, 4) is 0 Å². The largest absolute Gasteiger partial charge is 0.369 e. The molecule has 0 fully saturated rings. The molecule has 0 bridgehead atoms. The Bertz CT molecular complexity index is 528. The summed E-state index contributed by atoms with van der Waals surface area (Å²) in [6.45, 7) is 2.76.